The zero-order valence-electron chi connectivity index (χ0n) is 10.3. The molecule has 1 aliphatic heterocycles. The van der Waals surface area contributed by atoms with Gasteiger partial charge in [0.2, 0.25) is 0 Å². The number of piperidine rings is 1. The van der Waals surface area contributed by atoms with Crippen LogP contribution in [0.25, 0.3) is 5.65 Å². The summed E-state index contributed by atoms with van der Waals surface area (Å²) in [7, 11) is 0. The maximum atomic E-state index is 4.70. The highest BCUT2D eigenvalue weighted by molar-refractivity contribution is 5.42. The molecule has 2 aromatic heterocycles. The smallest absolute Gasteiger partial charge is 0.137 e. The van der Waals surface area contributed by atoms with Crippen LogP contribution in [0.5, 0.6) is 0 Å². The molecule has 2 aromatic rings. The monoisotopic (exact) mass is 229 g/mol. The average molecular weight is 229 g/mol. The van der Waals surface area contributed by atoms with Gasteiger partial charge in [0.05, 0.1) is 5.69 Å². The molecule has 17 heavy (non-hydrogen) atoms. The summed E-state index contributed by atoms with van der Waals surface area (Å²) in [6, 6.07) is 4.27. The quantitative estimate of drug-likeness (QED) is 0.855. The number of rotatable bonds is 2. The molecule has 0 amide bonds. The summed E-state index contributed by atoms with van der Waals surface area (Å²) in [5, 5.41) is 3.46. The number of fused-ring (bicyclic) bond motifs is 1. The van der Waals surface area contributed by atoms with Crippen molar-refractivity contribution in [2.45, 2.75) is 26.2 Å². The van der Waals surface area contributed by atoms with Gasteiger partial charge in [-0.05, 0) is 62.9 Å². The third-order valence-corrected chi connectivity index (χ3v) is 3.56. The van der Waals surface area contributed by atoms with Gasteiger partial charge in [0.25, 0.3) is 0 Å². The van der Waals surface area contributed by atoms with E-state index in [9.17, 15) is 0 Å². The predicted octanol–water partition coefficient (Wildman–Crippen LogP) is 2.18. The second-order valence-electron chi connectivity index (χ2n) is 5.12. The predicted molar refractivity (Wildman–Crippen MR) is 69.2 cm³/mol. The fourth-order valence-corrected chi connectivity index (χ4v) is 2.63. The van der Waals surface area contributed by atoms with Crippen LogP contribution in [0.1, 0.15) is 24.1 Å². The first kappa shape index (κ1) is 10.8. The first-order chi connectivity index (χ1) is 8.31. The molecule has 0 radical (unpaired) electrons. The van der Waals surface area contributed by atoms with Gasteiger partial charge in [-0.3, -0.25) is 0 Å². The van der Waals surface area contributed by atoms with Crippen molar-refractivity contribution in [1.29, 1.82) is 0 Å². The minimum Gasteiger partial charge on any atom is -0.316 e. The summed E-state index contributed by atoms with van der Waals surface area (Å²) in [4.78, 5) is 4.70. The molecule has 1 N–H and O–H groups in total. The van der Waals surface area contributed by atoms with E-state index in [4.69, 9.17) is 4.98 Å². The second-order valence-corrected chi connectivity index (χ2v) is 5.12. The number of aryl methyl sites for hydroxylation is 1. The van der Waals surface area contributed by atoms with Crippen LogP contribution in [-0.4, -0.2) is 22.5 Å². The Bertz CT molecular complexity index is 509. The van der Waals surface area contributed by atoms with Crippen LogP contribution in [0.3, 0.4) is 0 Å². The van der Waals surface area contributed by atoms with Crippen molar-refractivity contribution < 1.29 is 0 Å². The van der Waals surface area contributed by atoms with Gasteiger partial charge in [-0.1, -0.05) is 0 Å². The van der Waals surface area contributed by atoms with Gasteiger partial charge in [0, 0.05) is 12.4 Å². The lowest BCUT2D eigenvalue weighted by Gasteiger charge is -2.21. The number of hydrogen-bond acceptors (Lipinski definition) is 2. The highest BCUT2D eigenvalue weighted by Gasteiger charge is 2.15. The van der Waals surface area contributed by atoms with E-state index in [0.29, 0.717) is 0 Å². The molecule has 1 aliphatic rings. The Kier molecular flexibility index (Phi) is 2.85. The molecular formula is C14H19N3. The Hall–Kier alpha value is -1.35. The molecule has 3 rings (SSSR count). The Labute approximate surface area is 102 Å². The fourth-order valence-electron chi connectivity index (χ4n) is 2.63. The van der Waals surface area contributed by atoms with E-state index in [0.717, 1.165) is 24.5 Å². The second kappa shape index (κ2) is 4.49. The van der Waals surface area contributed by atoms with Crippen LogP contribution >= 0.6 is 0 Å². The van der Waals surface area contributed by atoms with Crippen LogP contribution < -0.4 is 5.32 Å². The molecule has 0 saturated carbocycles. The normalized spacial score (nSPS) is 20.9. The van der Waals surface area contributed by atoms with Crippen LogP contribution in [-0.2, 0) is 6.42 Å². The topological polar surface area (TPSA) is 29.3 Å². The number of aromatic nitrogens is 2. The molecule has 1 unspecified atom stereocenters. The molecule has 3 nitrogen and oxygen atoms in total. The minimum atomic E-state index is 0.759. The highest BCUT2D eigenvalue weighted by atomic mass is 15.0. The minimum absolute atomic E-state index is 0.759. The molecule has 0 spiro atoms. The van der Waals surface area contributed by atoms with E-state index in [1.54, 1.807) is 0 Å². The van der Waals surface area contributed by atoms with Crippen molar-refractivity contribution in [3.63, 3.8) is 0 Å². The lowest BCUT2D eigenvalue weighted by molar-refractivity contribution is 0.374. The van der Waals surface area contributed by atoms with E-state index < -0.39 is 0 Å². The highest BCUT2D eigenvalue weighted by Crippen LogP contribution is 2.16. The van der Waals surface area contributed by atoms with Gasteiger partial charge in [0.1, 0.15) is 5.65 Å². The largest absolute Gasteiger partial charge is 0.316 e. The lowest BCUT2D eigenvalue weighted by Crippen LogP contribution is -2.30. The summed E-state index contributed by atoms with van der Waals surface area (Å²) < 4.78 is 2.12. The molecular weight excluding hydrogens is 210 g/mol. The van der Waals surface area contributed by atoms with Gasteiger partial charge in [-0.25, -0.2) is 4.98 Å². The van der Waals surface area contributed by atoms with Gasteiger partial charge in [-0.15, -0.1) is 0 Å². The molecule has 0 bridgehead atoms. The van der Waals surface area contributed by atoms with Crippen molar-refractivity contribution in [3.05, 3.63) is 35.8 Å². The van der Waals surface area contributed by atoms with Crippen LogP contribution in [0.2, 0.25) is 0 Å². The number of imidazole rings is 1. The summed E-state index contributed by atoms with van der Waals surface area (Å²) in [5.74, 6) is 0.759. The molecule has 0 aliphatic carbocycles. The van der Waals surface area contributed by atoms with E-state index in [1.165, 1.54) is 30.6 Å². The summed E-state index contributed by atoms with van der Waals surface area (Å²) >= 11 is 0. The Balaban J connectivity index is 1.80. The Morgan fingerprint density at radius 1 is 1.53 bits per heavy atom. The summed E-state index contributed by atoms with van der Waals surface area (Å²) in [6.07, 6.45) is 8.01. The van der Waals surface area contributed by atoms with Crippen LogP contribution in [0.4, 0.5) is 0 Å². The molecule has 3 heterocycles. The average Bonchev–Trinajstić information content (AvgIpc) is 2.71. The van der Waals surface area contributed by atoms with Crippen LogP contribution in [0, 0.1) is 12.8 Å². The van der Waals surface area contributed by atoms with Gasteiger partial charge < -0.3 is 9.72 Å². The Morgan fingerprint density at radius 2 is 2.47 bits per heavy atom. The summed E-state index contributed by atoms with van der Waals surface area (Å²) in [5.41, 5.74) is 3.57. The van der Waals surface area contributed by atoms with Crippen molar-refractivity contribution in [1.82, 2.24) is 14.7 Å². The maximum Gasteiger partial charge on any atom is 0.137 e. The van der Waals surface area contributed by atoms with Gasteiger partial charge in [0.15, 0.2) is 0 Å². The number of nitrogens with zero attached hydrogens (tertiary/aromatic N) is 2. The van der Waals surface area contributed by atoms with Crippen molar-refractivity contribution in [3.8, 4) is 0 Å². The van der Waals surface area contributed by atoms with Crippen molar-refractivity contribution >= 4 is 5.65 Å². The SMILES string of the molecule is Cc1ccn2cc(CC3CCCNC3)nc2c1. The van der Waals surface area contributed by atoms with Crippen molar-refractivity contribution in [2.24, 2.45) is 5.92 Å². The molecule has 1 fully saturated rings. The zero-order valence-corrected chi connectivity index (χ0v) is 10.3. The zero-order chi connectivity index (χ0) is 11.7. The number of nitrogens with one attached hydrogen (secondary N) is 1. The van der Waals surface area contributed by atoms with Crippen LogP contribution in [0.15, 0.2) is 24.5 Å². The Morgan fingerprint density at radius 3 is 3.29 bits per heavy atom. The van der Waals surface area contributed by atoms with Gasteiger partial charge in [-0.2, -0.15) is 0 Å². The first-order valence-electron chi connectivity index (χ1n) is 6.46. The van der Waals surface area contributed by atoms with E-state index in [2.05, 4.69) is 41.2 Å². The third-order valence-electron chi connectivity index (χ3n) is 3.56. The standard InChI is InChI=1S/C14H19N3/c1-11-4-6-17-10-13(16-14(17)7-11)8-12-3-2-5-15-9-12/h4,6-7,10,12,15H,2-3,5,8-9H2,1H3. The molecule has 3 heteroatoms. The van der Waals surface area contributed by atoms with Crippen molar-refractivity contribution in [2.75, 3.05) is 13.1 Å². The first-order valence-corrected chi connectivity index (χ1v) is 6.46. The van der Waals surface area contributed by atoms with E-state index >= 15 is 0 Å². The van der Waals surface area contributed by atoms with E-state index in [1.807, 2.05) is 0 Å². The fraction of sp³-hybridized carbons (Fsp3) is 0.500. The third kappa shape index (κ3) is 2.34. The molecule has 90 valence electrons. The lowest BCUT2D eigenvalue weighted by atomic mass is 9.95. The summed E-state index contributed by atoms with van der Waals surface area (Å²) in [6.45, 7) is 4.44. The number of pyridine rings is 1. The number of hydrogen-bond donors (Lipinski definition) is 1. The maximum absolute atomic E-state index is 4.70. The van der Waals surface area contributed by atoms with Gasteiger partial charge >= 0.3 is 0 Å². The molecule has 1 saturated heterocycles. The molecule has 1 atom stereocenters. The molecule has 0 aromatic carbocycles. The van der Waals surface area contributed by atoms with E-state index in [-0.39, 0.29) is 0 Å².